The lowest BCUT2D eigenvalue weighted by Gasteiger charge is -2.19. The van der Waals surface area contributed by atoms with Crippen LogP contribution in [0.5, 0.6) is 0 Å². The van der Waals surface area contributed by atoms with Crippen molar-refractivity contribution in [2.75, 3.05) is 13.1 Å². The largest absolute Gasteiger partial charge is 0.349 e. The van der Waals surface area contributed by atoms with Crippen LogP contribution in [-0.2, 0) is 11.2 Å². The van der Waals surface area contributed by atoms with Crippen LogP contribution < -0.4 is 10.6 Å². The molecule has 0 saturated carbocycles. The summed E-state index contributed by atoms with van der Waals surface area (Å²) >= 11 is 0. The van der Waals surface area contributed by atoms with E-state index in [1.54, 1.807) is 0 Å². The quantitative estimate of drug-likeness (QED) is 0.872. The van der Waals surface area contributed by atoms with E-state index in [1.807, 2.05) is 6.92 Å². The molecule has 1 aromatic carbocycles. The molecule has 0 radical (unpaired) electrons. The van der Waals surface area contributed by atoms with Gasteiger partial charge in [-0.15, -0.1) is 0 Å². The monoisotopic (exact) mass is 260 g/mol. The van der Waals surface area contributed by atoms with Gasteiger partial charge in [-0.05, 0) is 36.9 Å². The van der Waals surface area contributed by atoms with Crippen molar-refractivity contribution >= 4 is 5.91 Å². The normalized spacial score (nSPS) is 24.2. The number of rotatable bonds is 4. The van der Waals surface area contributed by atoms with Crippen molar-refractivity contribution in [1.29, 1.82) is 0 Å². The summed E-state index contributed by atoms with van der Waals surface area (Å²) in [6.07, 6.45) is 1.05. The van der Waals surface area contributed by atoms with E-state index in [-0.39, 0.29) is 17.9 Å². The van der Waals surface area contributed by atoms with Gasteiger partial charge in [0.05, 0.1) is 12.0 Å². The Morgan fingerprint density at radius 3 is 2.58 bits per heavy atom. The lowest BCUT2D eigenvalue weighted by Crippen LogP contribution is -2.35. The van der Waals surface area contributed by atoms with E-state index in [1.165, 1.54) is 11.1 Å². The molecule has 2 N–H and O–H groups in total. The van der Waals surface area contributed by atoms with Crippen molar-refractivity contribution < 1.29 is 4.79 Å². The van der Waals surface area contributed by atoms with E-state index >= 15 is 0 Å². The molecular formula is C16H24N2O. The molecule has 1 aliphatic rings. The maximum atomic E-state index is 12.2. The Balaban J connectivity index is 1.95. The van der Waals surface area contributed by atoms with E-state index in [0.717, 1.165) is 19.5 Å². The Labute approximate surface area is 115 Å². The number of carbonyl (C=O) groups excluding carboxylic acids is 1. The van der Waals surface area contributed by atoms with Crippen LogP contribution in [0.3, 0.4) is 0 Å². The molecule has 3 heteroatoms. The highest BCUT2D eigenvalue weighted by atomic mass is 16.2. The highest BCUT2D eigenvalue weighted by Gasteiger charge is 2.30. The second-order valence-electron chi connectivity index (χ2n) is 5.57. The minimum absolute atomic E-state index is 0.0752. The molecule has 104 valence electrons. The first-order valence-corrected chi connectivity index (χ1v) is 7.21. The average molecular weight is 260 g/mol. The molecule has 0 aromatic heterocycles. The second kappa shape index (κ2) is 6.20. The molecule has 1 unspecified atom stereocenters. The van der Waals surface area contributed by atoms with Gasteiger partial charge in [0.2, 0.25) is 5.91 Å². The van der Waals surface area contributed by atoms with Gasteiger partial charge in [0, 0.05) is 6.54 Å². The van der Waals surface area contributed by atoms with Crippen LogP contribution in [0.2, 0.25) is 0 Å². The van der Waals surface area contributed by atoms with Gasteiger partial charge in [0.25, 0.3) is 0 Å². The van der Waals surface area contributed by atoms with Crippen molar-refractivity contribution in [3.05, 3.63) is 35.4 Å². The first kappa shape index (κ1) is 14.1. The maximum absolute atomic E-state index is 12.2. The summed E-state index contributed by atoms with van der Waals surface area (Å²) < 4.78 is 0. The van der Waals surface area contributed by atoms with Gasteiger partial charge >= 0.3 is 0 Å². The first-order valence-electron chi connectivity index (χ1n) is 7.21. The maximum Gasteiger partial charge on any atom is 0.225 e. The van der Waals surface area contributed by atoms with Crippen molar-refractivity contribution in [2.45, 2.75) is 33.2 Å². The number of amides is 1. The number of benzene rings is 1. The zero-order valence-corrected chi connectivity index (χ0v) is 12.1. The molecule has 0 aliphatic carbocycles. The molecule has 1 aliphatic heterocycles. The molecule has 1 heterocycles. The second-order valence-corrected chi connectivity index (χ2v) is 5.57. The molecular weight excluding hydrogens is 236 g/mol. The summed E-state index contributed by atoms with van der Waals surface area (Å²) in [5.41, 5.74) is 2.50. The van der Waals surface area contributed by atoms with Crippen LogP contribution in [-0.4, -0.2) is 19.0 Å². The topological polar surface area (TPSA) is 41.1 Å². The molecule has 1 aromatic rings. The highest BCUT2D eigenvalue weighted by molar-refractivity contribution is 5.80. The van der Waals surface area contributed by atoms with Crippen molar-refractivity contribution in [2.24, 2.45) is 11.8 Å². The fraction of sp³-hybridized carbons (Fsp3) is 0.562. The Morgan fingerprint density at radius 1 is 1.37 bits per heavy atom. The average Bonchev–Trinajstić information content (AvgIpc) is 2.85. The van der Waals surface area contributed by atoms with E-state index in [2.05, 4.69) is 48.7 Å². The third-order valence-corrected chi connectivity index (χ3v) is 4.10. The Hall–Kier alpha value is -1.35. The molecule has 2 rings (SSSR count). The Bertz CT molecular complexity index is 427. The minimum atomic E-state index is 0.0752. The summed E-state index contributed by atoms with van der Waals surface area (Å²) in [5.74, 6) is 0.705. The van der Waals surface area contributed by atoms with Crippen LogP contribution in [0, 0.1) is 11.8 Å². The van der Waals surface area contributed by atoms with E-state index in [9.17, 15) is 4.79 Å². The van der Waals surface area contributed by atoms with Crippen molar-refractivity contribution in [1.82, 2.24) is 10.6 Å². The Kier molecular flexibility index (Phi) is 4.59. The Morgan fingerprint density at radius 2 is 2.05 bits per heavy atom. The number of carbonyl (C=O) groups is 1. The first-order chi connectivity index (χ1) is 9.11. The van der Waals surface area contributed by atoms with Gasteiger partial charge in [-0.1, -0.05) is 38.1 Å². The third kappa shape index (κ3) is 3.35. The van der Waals surface area contributed by atoms with E-state index in [4.69, 9.17) is 0 Å². The molecule has 1 saturated heterocycles. The van der Waals surface area contributed by atoms with Crippen molar-refractivity contribution in [3.63, 3.8) is 0 Å². The highest BCUT2D eigenvalue weighted by Crippen LogP contribution is 2.19. The molecule has 19 heavy (non-hydrogen) atoms. The van der Waals surface area contributed by atoms with E-state index in [0.29, 0.717) is 5.92 Å². The van der Waals surface area contributed by atoms with Gasteiger partial charge < -0.3 is 10.6 Å². The lowest BCUT2D eigenvalue weighted by atomic mass is 9.96. The van der Waals surface area contributed by atoms with Crippen LogP contribution in [0.4, 0.5) is 0 Å². The fourth-order valence-electron chi connectivity index (χ4n) is 2.61. The van der Waals surface area contributed by atoms with E-state index < -0.39 is 0 Å². The van der Waals surface area contributed by atoms with Gasteiger partial charge in [0.1, 0.15) is 0 Å². The van der Waals surface area contributed by atoms with Gasteiger partial charge in [-0.25, -0.2) is 0 Å². The lowest BCUT2D eigenvalue weighted by molar-refractivity contribution is -0.126. The van der Waals surface area contributed by atoms with Crippen LogP contribution in [0.15, 0.2) is 24.3 Å². The van der Waals surface area contributed by atoms with Crippen molar-refractivity contribution in [3.8, 4) is 0 Å². The predicted molar refractivity (Wildman–Crippen MR) is 77.9 cm³/mol. The SMILES string of the molecule is CCc1ccc(C(C)NC(=O)[C@@H]2CNC[C@H]2C)cc1. The van der Waals surface area contributed by atoms with Gasteiger partial charge in [-0.2, -0.15) is 0 Å². The zero-order valence-electron chi connectivity index (χ0n) is 12.1. The fourth-order valence-corrected chi connectivity index (χ4v) is 2.61. The molecule has 1 amide bonds. The van der Waals surface area contributed by atoms with Crippen LogP contribution in [0.1, 0.15) is 37.9 Å². The zero-order chi connectivity index (χ0) is 13.8. The van der Waals surface area contributed by atoms with Gasteiger partial charge in [-0.3, -0.25) is 4.79 Å². The van der Waals surface area contributed by atoms with Crippen LogP contribution >= 0.6 is 0 Å². The molecule has 3 atom stereocenters. The summed E-state index contributed by atoms with van der Waals surface area (Å²) in [4.78, 5) is 12.2. The summed E-state index contributed by atoms with van der Waals surface area (Å²) in [6, 6.07) is 8.57. The summed E-state index contributed by atoms with van der Waals surface area (Å²) in [7, 11) is 0. The van der Waals surface area contributed by atoms with Gasteiger partial charge in [0.15, 0.2) is 0 Å². The standard InChI is InChI=1S/C16H24N2O/c1-4-13-5-7-14(8-6-13)12(3)18-16(19)15-10-17-9-11(15)2/h5-8,11-12,15,17H,4,9-10H2,1-3H3,(H,18,19)/t11-,12?,15-/m1/s1. The number of nitrogens with one attached hydrogen (secondary N) is 2. The minimum Gasteiger partial charge on any atom is -0.349 e. The third-order valence-electron chi connectivity index (χ3n) is 4.10. The number of hydrogen-bond acceptors (Lipinski definition) is 2. The van der Waals surface area contributed by atoms with Crippen LogP contribution in [0.25, 0.3) is 0 Å². The number of aryl methyl sites for hydroxylation is 1. The number of hydrogen-bond donors (Lipinski definition) is 2. The molecule has 1 fully saturated rings. The molecule has 0 spiro atoms. The predicted octanol–water partition coefficient (Wildman–Crippen LogP) is 2.28. The summed E-state index contributed by atoms with van der Waals surface area (Å²) in [6.45, 7) is 8.07. The molecule has 3 nitrogen and oxygen atoms in total. The molecule has 0 bridgehead atoms. The smallest absolute Gasteiger partial charge is 0.225 e. The summed E-state index contributed by atoms with van der Waals surface area (Å²) in [5, 5.41) is 6.40.